The third-order valence-electron chi connectivity index (χ3n) is 5.04. The van der Waals surface area contributed by atoms with Gasteiger partial charge >= 0.3 is 5.97 Å². The molecule has 0 radical (unpaired) electrons. The predicted molar refractivity (Wildman–Crippen MR) is 111 cm³/mol. The maximum Gasteiger partial charge on any atom is 0.341 e. The van der Waals surface area contributed by atoms with Crippen molar-refractivity contribution in [2.75, 3.05) is 13.7 Å². The fourth-order valence-electron chi connectivity index (χ4n) is 3.49. The van der Waals surface area contributed by atoms with Crippen LogP contribution in [0.5, 0.6) is 11.5 Å². The standard InChI is InChI=1S/C23H20O6S/c1-28-23(25)20-7-5-15(11-21(20)24)14-30(26,27)19-4-2-3-16(13-19)17-6-8-22-18(12-17)9-10-29-22/h2-8,11-13,24H,9-10,14H2,1H3. The van der Waals surface area contributed by atoms with Crippen molar-refractivity contribution < 1.29 is 27.8 Å². The maximum atomic E-state index is 13.0. The molecule has 154 valence electrons. The van der Waals surface area contributed by atoms with Gasteiger partial charge in [-0.05, 0) is 58.7 Å². The normalized spacial score (nSPS) is 12.8. The van der Waals surface area contributed by atoms with Crippen LogP contribution in [-0.2, 0) is 26.7 Å². The Bertz CT molecular complexity index is 1230. The Labute approximate surface area is 174 Å². The largest absolute Gasteiger partial charge is 0.507 e. The highest BCUT2D eigenvalue weighted by Crippen LogP contribution is 2.32. The molecule has 7 heteroatoms. The Morgan fingerprint density at radius 1 is 1.07 bits per heavy atom. The highest BCUT2D eigenvalue weighted by Gasteiger charge is 2.19. The second-order valence-electron chi connectivity index (χ2n) is 7.05. The smallest absolute Gasteiger partial charge is 0.341 e. The summed E-state index contributed by atoms with van der Waals surface area (Å²) in [5.74, 6) is -0.431. The molecule has 4 rings (SSSR count). The number of sulfone groups is 1. The summed E-state index contributed by atoms with van der Waals surface area (Å²) in [4.78, 5) is 11.8. The van der Waals surface area contributed by atoms with Crippen LogP contribution in [0.4, 0.5) is 0 Å². The second kappa shape index (κ2) is 7.84. The molecule has 3 aromatic rings. The van der Waals surface area contributed by atoms with E-state index in [0.29, 0.717) is 12.2 Å². The minimum atomic E-state index is -3.66. The number of ether oxygens (including phenoxy) is 2. The molecule has 1 aliphatic heterocycles. The molecule has 0 amide bonds. The van der Waals surface area contributed by atoms with Gasteiger partial charge in [-0.3, -0.25) is 0 Å². The monoisotopic (exact) mass is 424 g/mol. The van der Waals surface area contributed by atoms with E-state index < -0.39 is 15.8 Å². The number of phenols is 1. The Balaban J connectivity index is 1.61. The molecule has 0 aliphatic carbocycles. The molecule has 0 saturated heterocycles. The van der Waals surface area contributed by atoms with Gasteiger partial charge in [0.2, 0.25) is 0 Å². The number of benzene rings is 3. The Morgan fingerprint density at radius 3 is 2.63 bits per heavy atom. The summed E-state index contributed by atoms with van der Waals surface area (Å²) >= 11 is 0. The zero-order valence-electron chi connectivity index (χ0n) is 16.3. The third kappa shape index (κ3) is 3.89. The van der Waals surface area contributed by atoms with E-state index in [9.17, 15) is 18.3 Å². The molecule has 1 heterocycles. The molecule has 0 saturated carbocycles. The minimum Gasteiger partial charge on any atom is -0.507 e. The summed E-state index contributed by atoms with van der Waals surface area (Å²) in [5, 5.41) is 10.0. The number of rotatable bonds is 5. The molecular weight excluding hydrogens is 404 g/mol. The molecule has 0 bridgehead atoms. The first-order valence-electron chi connectivity index (χ1n) is 9.36. The van der Waals surface area contributed by atoms with Crippen molar-refractivity contribution in [1.82, 2.24) is 0 Å². The number of hydrogen-bond acceptors (Lipinski definition) is 6. The molecule has 3 aromatic carbocycles. The van der Waals surface area contributed by atoms with Gasteiger partial charge < -0.3 is 14.6 Å². The third-order valence-corrected chi connectivity index (χ3v) is 6.73. The van der Waals surface area contributed by atoms with E-state index in [2.05, 4.69) is 4.74 Å². The Kier molecular flexibility index (Phi) is 5.22. The number of carbonyl (C=O) groups excluding carboxylic acids is 1. The Hall–Kier alpha value is -3.32. The van der Waals surface area contributed by atoms with Crippen molar-refractivity contribution in [1.29, 1.82) is 0 Å². The van der Waals surface area contributed by atoms with Gasteiger partial charge in [-0.15, -0.1) is 0 Å². The summed E-state index contributed by atoms with van der Waals surface area (Å²) in [7, 11) is -2.45. The molecule has 0 spiro atoms. The molecule has 1 aliphatic rings. The zero-order valence-corrected chi connectivity index (χ0v) is 17.1. The maximum absolute atomic E-state index is 13.0. The van der Waals surface area contributed by atoms with Gasteiger partial charge in [0.15, 0.2) is 9.84 Å². The first-order chi connectivity index (χ1) is 14.4. The number of fused-ring (bicyclic) bond motifs is 1. The van der Waals surface area contributed by atoms with E-state index in [1.165, 1.54) is 25.3 Å². The molecule has 6 nitrogen and oxygen atoms in total. The first-order valence-corrected chi connectivity index (χ1v) is 11.0. The minimum absolute atomic E-state index is 0.0127. The highest BCUT2D eigenvalue weighted by atomic mass is 32.2. The van der Waals surface area contributed by atoms with Gasteiger partial charge in [0, 0.05) is 6.42 Å². The van der Waals surface area contributed by atoms with Crippen molar-refractivity contribution in [3.05, 3.63) is 77.4 Å². The number of phenolic OH excluding ortho intramolecular Hbond substituents is 1. The van der Waals surface area contributed by atoms with Crippen molar-refractivity contribution in [2.24, 2.45) is 0 Å². The highest BCUT2D eigenvalue weighted by molar-refractivity contribution is 7.90. The van der Waals surface area contributed by atoms with Crippen molar-refractivity contribution in [3.63, 3.8) is 0 Å². The van der Waals surface area contributed by atoms with Gasteiger partial charge in [-0.1, -0.05) is 24.3 Å². The molecule has 1 N–H and O–H groups in total. The Morgan fingerprint density at radius 2 is 1.87 bits per heavy atom. The van der Waals surface area contributed by atoms with Gasteiger partial charge in [0.05, 0.1) is 24.4 Å². The van der Waals surface area contributed by atoms with Crippen LogP contribution in [0.3, 0.4) is 0 Å². The van der Waals surface area contributed by atoms with Crippen molar-refractivity contribution in [3.8, 4) is 22.6 Å². The average molecular weight is 424 g/mol. The lowest BCUT2D eigenvalue weighted by Crippen LogP contribution is -2.06. The van der Waals surface area contributed by atoms with E-state index in [1.54, 1.807) is 18.2 Å². The summed E-state index contributed by atoms with van der Waals surface area (Å²) in [6.45, 7) is 0.662. The molecule has 0 fully saturated rings. The summed E-state index contributed by atoms with van der Waals surface area (Å²) < 4.78 is 36.0. The van der Waals surface area contributed by atoms with E-state index in [-0.39, 0.29) is 22.0 Å². The van der Waals surface area contributed by atoms with E-state index in [4.69, 9.17) is 4.74 Å². The second-order valence-corrected chi connectivity index (χ2v) is 9.04. The van der Waals surface area contributed by atoms with Crippen LogP contribution in [-0.4, -0.2) is 33.2 Å². The summed E-state index contributed by atoms with van der Waals surface area (Å²) in [5.41, 5.74) is 3.20. The van der Waals surface area contributed by atoms with E-state index in [0.717, 1.165) is 28.9 Å². The van der Waals surface area contributed by atoms with Gasteiger partial charge in [0.25, 0.3) is 0 Å². The SMILES string of the molecule is COC(=O)c1ccc(CS(=O)(=O)c2cccc(-c3ccc4c(c3)CCO4)c2)cc1O. The molecular formula is C23H20O6S. The number of carbonyl (C=O) groups is 1. The number of esters is 1. The quantitative estimate of drug-likeness (QED) is 0.628. The molecule has 0 aromatic heterocycles. The lowest BCUT2D eigenvalue weighted by Gasteiger charge is -2.10. The van der Waals surface area contributed by atoms with Gasteiger partial charge in [-0.25, -0.2) is 13.2 Å². The summed E-state index contributed by atoms with van der Waals surface area (Å²) in [6, 6.07) is 16.8. The lowest BCUT2D eigenvalue weighted by atomic mass is 10.0. The lowest BCUT2D eigenvalue weighted by molar-refractivity contribution is 0.0597. The van der Waals surface area contributed by atoms with Crippen LogP contribution in [0.25, 0.3) is 11.1 Å². The number of methoxy groups -OCH3 is 1. The van der Waals surface area contributed by atoms with Crippen LogP contribution in [0.1, 0.15) is 21.5 Å². The van der Waals surface area contributed by atoms with Crippen LogP contribution < -0.4 is 4.74 Å². The fourth-order valence-corrected chi connectivity index (χ4v) is 4.87. The van der Waals surface area contributed by atoms with Gasteiger partial charge in [0.1, 0.15) is 17.1 Å². The van der Waals surface area contributed by atoms with Crippen molar-refractivity contribution >= 4 is 15.8 Å². The molecule has 0 atom stereocenters. The average Bonchev–Trinajstić information content (AvgIpc) is 3.21. The molecule has 30 heavy (non-hydrogen) atoms. The van der Waals surface area contributed by atoms with Crippen LogP contribution in [0.15, 0.2) is 65.6 Å². The number of hydrogen-bond donors (Lipinski definition) is 1. The van der Waals surface area contributed by atoms with E-state index >= 15 is 0 Å². The molecule has 0 unspecified atom stereocenters. The predicted octanol–water partition coefficient (Wildman–Crippen LogP) is 3.75. The van der Waals surface area contributed by atoms with Crippen LogP contribution in [0, 0.1) is 0 Å². The number of aromatic hydroxyl groups is 1. The van der Waals surface area contributed by atoms with Crippen LogP contribution >= 0.6 is 0 Å². The zero-order chi connectivity index (χ0) is 21.3. The fraction of sp³-hybridized carbons (Fsp3) is 0.174. The summed E-state index contributed by atoms with van der Waals surface area (Å²) in [6.07, 6.45) is 0.840. The van der Waals surface area contributed by atoms with E-state index in [1.807, 2.05) is 24.3 Å². The first kappa shape index (κ1) is 20.0. The van der Waals surface area contributed by atoms with Gasteiger partial charge in [-0.2, -0.15) is 0 Å². The topological polar surface area (TPSA) is 89.9 Å². The van der Waals surface area contributed by atoms with Crippen molar-refractivity contribution in [2.45, 2.75) is 17.1 Å². The van der Waals surface area contributed by atoms with Crippen LogP contribution in [0.2, 0.25) is 0 Å².